The first-order valence-electron chi connectivity index (χ1n) is 5.83. The Morgan fingerprint density at radius 3 is 3.00 bits per heavy atom. The second-order valence-electron chi connectivity index (χ2n) is 4.34. The average Bonchev–Trinajstić information content (AvgIpc) is 2.81. The first-order valence-corrected chi connectivity index (χ1v) is 6.71. The van der Waals surface area contributed by atoms with Crippen molar-refractivity contribution >= 4 is 17.1 Å². The van der Waals surface area contributed by atoms with E-state index in [4.69, 9.17) is 5.73 Å². The molecule has 2 rings (SSSR count). The van der Waals surface area contributed by atoms with Crippen LogP contribution < -0.4 is 11.1 Å². The number of rotatable bonds is 4. The van der Waals surface area contributed by atoms with Crippen molar-refractivity contribution in [3.8, 4) is 0 Å². The molecule has 1 heterocycles. The van der Waals surface area contributed by atoms with Gasteiger partial charge in [0, 0.05) is 12.1 Å². The molecule has 0 radical (unpaired) electrons. The molecule has 1 aliphatic carbocycles. The third-order valence-corrected chi connectivity index (χ3v) is 4.05. The van der Waals surface area contributed by atoms with E-state index in [1.807, 2.05) is 17.5 Å². The molecule has 1 saturated carbocycles. The van der Waals surface area contributed by atoms with Gasteiger partial charge in [0.1, 0.15) is 0 Å². The topological polar surface area (TPSA) is 55.1 Å². The second kappa shape index (κ2) is 5.57. The van der Waals surface area contributed by atoms with E-state index in [1.54, 1.807) is 0 Å². The molecule has 3 nitrogen and oxygen atoms in total. The minimum atomic E-state index is 0.174. The van der Waals surface area contributed by atoms with Crippen molar-refractivity contribution in [1.82, 2.24) is 5.32 Å². The SMILES string of the molecule is N[C@@H]1CCCC[C@H]1NCC(=O)c1cccs1. The molecule has 0 aliphatic heterocycles. The molecule has 0 bridgehead atoms. The summed E-state index contributed by atoms with van der Waals surface area (Å²) >= 11 is 1.50. The number of hydrogen-bond donors (Lipinski definition) is 2. The summed E-state index contributed by atoms with van der Waals surface area (Å²) in [6.45, 7) is 0.416. The fourth-order valence-corrected chi connectivity index (χ4v) is 2.83. The molecule has 0 aromatic carbocycles. The number of thiophene rings is 1. The molecule has 1 aromatic rings. The Kier molecular flexibility index (Phi) is 4.09. The maximum absolute atomic E-state index is 11.8. The molecule has 0 unspecified atom stereocenters. The monoisotopic (exact) mass is 238 g/mol. The quantitative estimate of drug-likeness (QED) is 0.786. The molecule has 1 fully saturated rings. The van der Waals surface area contributed by atoms with Crippen molar-refractivity contribution in [2.75, 3.05) is 6.54 Å². The maximum atomic E-state index is 11.8. The lowest BCUT2D eigenvalue weighted by atomic mass is 9.91. The Balaban J connectivity index is 1.80. The second-order valence-corrected chi connectivity index (χ2v) is 5.28. The number of hydrogen-bond acceptors (Lipinski definition) is 4. The van der Waals surface area contributed by atoms with Gasteiger partial charge in [-0.15, -0.1) is 11.3 Å². The molecule has 1 aliphatic rings. The number of carbonyl (C=O) groups is 1. The van der Waals surface area contributed by atoms with Crippen LogP contribution in [0.15, 0.2) is 17.5 Å². The smallest absolute Gasteiger partial charge is 0.186 e. The third kappa shape index (κ3) is 2.90. The van der Waals surface area contributed by atoms with Crippen molar-refractivity contribution in [3.05, 3.63) is 22.4 Å². The number of Topliss-reactive ketones (excluding diaryl/α,β-unsaturated/α-hetero) is 1. The predicted molar refractivity (Wildman–Crippen MR) is 66.9 cm³/mol. The van der Waals surface area contributed by atoms with Gasteiger partial charge in [-0.05, 0) is 24.3 Å². The predicted octanol–water partition coefficient (Wildman–Crippen LogP) is 1.79. The van der Waals surface area contributed by atoms with Crippen molar-refractivity contribution in [3.63, 3.8) is 0 Å². The first kappa shape index (κ1) is 11.8. The standard InChI is InChI=1S/C12H18N2OS/c13-9-4-1-2-5-10(9)14-8-11(15)12-6-3-7-16-12/h3,6-7,9-10,14H,1-2,4-5,8,13H2/t9-,10-/m1/s1. The Bertz CT molecular complexity index is 337. The minimum Gasteiger partial charge on any atom is -0.326 e. The zero-order valence-corrected chi connectivity index (χ0v) is 10.1. The van der Waals surface area contributed by atoms with Crippen molar-refractivity contribution in [2.45, 2.75) is 37.8 Å². The van der Waals surface area contributed by atoms with Crippen LogP contribution in [0.1, 0.15) is 35.4 Å². The molecule has 2 atom stereocenters. The van der Waals surface area contributed by atoms with Crippen LogP contribution in [0.2, 0.25) is 0 Å². The summed E-state index contributed by atoms with van der Waals surface area (Å²) in [5.74, 6) is 0.174. The summed E-state index contributed by atoms with van der Waals surface area (Å²) in [6, 6.07) is 4.31. The van der Waals surface area contributed by atoms with Gasteiger partial charge in [-0.2, -0.15) is 0 Å². The van der Waals surface area contributed by atoms with Crippen LogP contribution in [0.3, 0.4) is 0 Å². The van der Waals surface area contributed by atoms with Gasteiger partial charge < -0.3 is 11.1 Å². The highest BCUT2D eigenvalue weighted by Crippen LogP contribution is 2.17. The molecule has 4 heteroatoms. The van der Waals surface area contributed by atoms with Gasteiger partial charge >= 0.3 is 0 Å². The van der Waals surface area contributed by atoms with Crippen molar-refractivity contribution < 1.29 is 4.79 Å². The summed E-state index contributed by atoms with van der Waals surface area (Å²) in [5, 5.41) is 5.22. The number of nitrogens with one attached hydrogen (secondary N) is 1. The van der Waals surface area contributed by atoms with Crippen molar-refractivity contribution in [1.29, 1.82) is 0 Å². The van der Waals surface area contributed by atoms with Crippen LogP contribution in [0.5, 0.6) is 0 Å². The van der Waals surface area contributed by atoms with Crippen LogP contribution >= 0.6 is 11.3 Å². The fraction of sp³-hybridized carbons (Fsp3) is 0.583. The van der Waals surface area contributed by atoms with Gasteiger partial charge in [0.25, 0.3) is 0 Å². The van der Waals surface area contributed by atoms with E-state index in [2.05, 4.69) is 5.32 Å². The highest BCUT2D eigenvalue weighted by atomic mass is 32.1. The largest absolute Gasteiger partial charge is 0.326 e. The van der Waals surface area contributed by atoms with Gasteiger partial charge in [-0.1, -0.05) is 18.9 Å². The molecule has 3 N–H and O–H groups in total. The van der Waals surface area contributed by atoms with Crippen LogP contribution in [0.25, 0.3) is 0 Å². The Morgan fingerprint density at radius 1 is 1.50 bits per heavy atom. The molecule has 1 aromatic heterocycles. The molecule has 88 valence electrons. The average molecular weight is 238 g/mol. The van der Waals surface area contributed by atoms with Crippen LogP contribution in [-0.4, -0.2) is 24.4 Å². The maximum Gasteiger partial charge on any atom is 0.186 e. The van der Waals surface area contributed by atoms with E-state index in [0.717, 1.165) is 17.7 Å². The summed E-state index contributed by atoms with van der Waals surface area (Å²) < 4.78 is 0. The van der Waals surface area contributed by atoms with E-state index in [9.17, 15) is 4.79 Å². The lowest BCUT2D eigenvalue weighted by Crippen LogP contribution is -2.48. The van der Waals surface area contributed by atoms with E-state index in [-0.39, 0.29) is 11.8 Å². The van der Waals surface area contributed by atoms with Gasteiger partial charge in [0.05, 0.1) is 11.4 Å². The van der Waals surface area contributed by atoms with E-state index >= 15 is 0 Å². The highest BCUT2D eigenvalue weighted by Gasteiger charge is 2.21. The summed E-state index contributed by atoms with van der Waals surface area (Å²) in [7, 11) is 0. The number of nitrogens with two attached hydrogens (primary N) is 1. The van der Waals surface area contributed by atoms with Crippen LogP contribution in [-0.2, 0) is 0 Å². The lowest BCUT2D eigenvalue weighted by molar-refractivity contribution is 0.0987. The molecule has 0 amide bonds. The van der Waals surface area contributed by atoms with Crippen LogP contribution in [0, 0.1) is 0 Å². The molecule has 0 saturated heterocycles. The van der Waals surface area contributed by atoms with E-state index in [0.29, 0.717) is 12.6 Å². The van der Waals surface area contributed by atoms with Gasteiger partial charge in [-0.25, -0.2) is 0 Å². The summed E-state index contributed by atoms with van der Waals surface area (Å²) in [5.41, 5.74) is 6.01. The van der Waals surface area contributed by atoms with Crippen molar-refractivity contribution in [2.24, 2.45) is 5.73 Å². The first-order chi connectivity index (χ1) is 7.77. The summed E-state index contributed by atoms with van der Waals surface area (Å²) in [6.07, 6.45) is 4.61. The highest BCUT2D eigenvalue weighted by molar-refractivity contribution is 7.12. The van der Waals surface area contributed by atoms with Gasteiger partial charge in [-0.3, -0.25) is 4.79 Å². The Labute approximate surface area is 100 Å². The van der Waals surface area contributed by atoms with Gasteiger partial charge in [0.2, 0.25) is 0 Å². The van der Waals surface area contributed by atoms with E-state index in [1.165, 1.54) is 24.2 Å². The Hall–Kier alpha value is -0.710. The molecule has 16 heavy (non-hydrogen) atoms. The zero-order chi connectivity index (χ0) is 11.4. The van der Waals surface area contributed by atoms with Crippen LogP contribution in [0.4, 0.5) is 0 Å². The number of carbonyl (C=O) groups excluding carboxylic acids is 1. The zero-order valence-electron chi connectivity index (χ0n) is 9.32. The Morgan fingerprint density at radius 2 is 2.31 bits per heavy atom. The lowest BCUT2D eigenvalue weighted by Gasteiger charge is -2.29. The summed E-state index contributed by atoms with van der Waals surface area (Å²) in [4.78, 5) is 12.6. The molecule has 0 spiro atoms. The molecular formula is C12H18N2OS. The van der Waals surface area contributed by atoms with Gasteiger partial charge in [0.15, 0.2) is 5.78 Å². The fourth-order valence-electron chi connectivity index (χ4n) is 2.16. The molecular weight excluding hydrogens is 220 g/mol. The minimum absolute atomic E-state index is 0.174. The third-order valence-electron chi connectivity index (χ3n) is 3.14. The van der Waals surface area contributed by atoms with E-state index < -0.39 is 0 Å². The normalized spacial score (nSPS) is 25.6. The number of ketones is 1.